The maximum absolute atomic E-state index is 11.1. The molecular formula is C6H100Na12O71P6. The maximum atomic E-state index is 11.1. The van der Waals surface area contributed by atoms with Crippen LogP contribution in [0.2, 0.25) is 0 Å². The first-order chi connectivity index (χ1) is 15.6. The van der Waals surface area contributed by atoms with Crippen molar-refractivity contribution in [3.63, 3.8) is 0 Å². The van der Waals surface area contributed by atoms with Gasteiger partial charge in [-0.3, -0.25) is 0 Å². The molecule has 1 fully saturated rings. The molecule has 592 valence electrons. The van der Waals surface area contributed by atoms with E-state index < -0.39 is 83.6 Å². The minimum absolute atomic E-state index is 0. The first-order valence-electron chi connectivity index (χ1n) is 7.80. The SMILES string of the molecule is O.O.O.O.O.O.O.O.O.O.O.O.O.O.O.O.O.O.O.O.O.O.O.O.O.O.O.O.O.O.O.O.O.O.O.O.O.O.O.O.O.O.O.O.O.O.O.O=P([O-])([O-])OC1C(OP(=O)([O-])[O-])C(OP(=O)([O-])[O-])C(OP(=O)([O-])[O-])C(OP(=O)([O-])[O-])C1OP(=O)([O-])[O-].[Na+].[Na+].[Na+].[Na+].[Na+].[Na+].[Na+].[Na+].[Na+].[Na+].[Na+].[Na+]. The number of phosphoric acid groups is 6. The van der Waals surface area contributed by atoms with Crippen LogP contribution in [-0.4, -0.2) is 294 Å². The summed E-state index contributed by atoms with van der Waals surface area (Å²) in [5.41, 5.74) is 0. The Kier molecular flexibility index (Phi) is 1260. The molecule has 1 aliphatic rings. The van der Waals surface area contributed by atoms with E-state index in [0.29, 0.717) is 0 Å². The van der Waals surface area contributed by atoms with Crippen LogP contribution in [-0.2, 0) is 54.5 Å². The van der Waals surface area contributed by atoms with Crippen LogP contribution in [0.5, 0.6) is 0 Å². The van der Waals surface area contributed by atoms with E-state index in [1.807, 2.05) is 0 Å². The molecule has 0 atom stereocenters. The zero-order chi connectivity index (χ0) is 28.7. The summed E-state index contributed by atoms with van der Waals surface area (Å²) in [5, 5.41) is 0. The van der Waals surface area contributed by atoms with Gasteiger partial charge >= 0.3 is 355 Å². The summed E-state index contributed by atoms with van der Waals surface area (Å²) >= 11 is 0. The van der Waals surface area contributed by atoms with E-state index in [2.05, 4.69) is 27.1 Å². The molecule has 0 bridgehead atoms. The maximum Gasteiger partial charge on any atom is 1.00 e. The normalized spacial score (nSPS) is 11.1. The second-order valence-corrected chi connectivity index (χ2v) is 12.7. The van der Waals surface area contributed by atoms with Crippen molar-refractivity contribution >= 4 is 46.9 Å². The smallest absolute Gasteiger partial charge is 0.790 e. The molecule has 0 radical (unpaired) electrons. The minimum Gasteiger partial charge on any atom is -0.790 e. The van der Waals surface area contributed by atoms with Gasteiger partial charge in [0.05, 0.1) is 46.9 Å². The van der Waals surface area contributed by atoms with Crippen molar-refractivity contribution in [3.8, 4) is 0 Å². The average Bonchev–Trinajstić information content (AvgIpc) is 2.51. The summed E-state index contributed by atoms with van der Waals surface area (Å²) < 4.78 is 88.3. The van der Waals surface area contributed by atoms with Crippen molar-refractivity contribution in [2.75, 3.05) is 0 Å². The summed E-state index contributed by atoms with van der Waals surface area (Å²) in [5.74, 6) is 0. The Bertz CT molecular complexity index is 886. The Hall–Kier alpha value is 10.8. The molecule has 1 aliphatic carbocycles. The molecule has 1 saturated carbocycles. The van der Waals surface area contributed by atoms with E-state index in [1.165, 1.54) is 0 Å². The van der Waals surface area contributed by atoms with E-state index in [1.54, 1.807) is 0 Å². The largest absolute Gasteiger partial charge is 1.00 e. The minimum atomic E-state index is -6.68. The van der Waals surface area contributed by atoms with Crippen LogP contribution < -0.4 is 413 Å². The summed E-state index contributed by atoms with van der Waals surface area (Å²) in [6.07, 6.45) is -21.5. The van der Waals surface area contributed by atoms with E-state index in [0.717, 1.165) is 0 Å². The molecule has 0 unspecified atom stereocenters. The van der Waals surface area contributed by atoms with Gasteiger partial charge in [-0.1, -0.05) is 0 Å². The molecule has 0 aliphatic heterocycles. The Morgan fingerprint density at radius 3 is 0.179 bits per heavy atom. The van der Waals surface area contributed by atoms with E-state index in [4.69, 9.17) is 0 Å². The van der Waals surface area contributed by atoms with Gasteiger partial charge in [0.15, 0.2) is 0 Å². The molecule has 1 rings (SSSR count). The predicted octanol–water partition coefficient (Wildman–Crippen LogP) is -85.4. The van der Waals surface area contributed by atoms with Crippen LogP contribution in [0.4, 0.5) is 0 Å². The molecule has 71 nitrogen and oxygen atoms in total. The number of hydrogen-bond donors (Lipinski definition) is 0. The Labute approximate surface area is 796 Å². The fraction of sp³-hybridized carbons (Fsp3) is 1.00. The van der Waals surface area contributed by atoms with Crippen molar-refractivity contribution in [2.45, 2.75) is 36.6 Å². The van der Waals surface area contributed by atoms with Crippen molar-refractivity contribution in [2.24, 2.45) is 0 Å². The zero-order valence-corrected chi connectivity index (χ0v) is 80.8. The Morgan fingerprint density at radius 2 is 0.158 bits per heavy atom. The van der Waals surface area contributed by atoms with Crippen molar-refractivity contribution in [1.82, 2.24) is 0 Å². The molecule has 0 amide bonds. The quantitative estimate of drug-likeness (QED) is 0.129. The molecular weight excluding hydrogens is 1670 g/mol. The predicted molar refractivity (Wildman–Crippen MR) is 245 cm³/mol. The topological polar surface area (TPSA) is 1920 Å². The summed E-state index contributed by atoms with van der Waals surface area (Å²) in [7, 11) is -40.1. The van der Waals surface area contributed by atoms with Crippen LogP contribution in [0.25, 0.3) is 0 Å². The molecule has 0 aromatic carbocycles. The third-order valence-electron chi connectivity index (χ3n) is 3.45. The van der Waals surface area contributed by atoms with E-state index in [-0.39, 0.29) is 612 Å². The van der Waals surface area contributed by atoms with Gasteiger partial charge in [-0.2, -0.15) is 0 Å². The van der Waals surface area contributed by atoms with Crippen molar-refractivity contribution in [1.29, 1.82) is 0 Å². The Morgan fingerprint density at radius 1 is 0.126 bits per heavy atom. The van der Waals surface area contributed by atoms with Crippen molar-refractivity contribution in [3.05, 3.63) is 0 Å². The monoisotopic (exact) mass is 1770 g/mol. The number of rotatable bonds is 12. The summed E-state index contributed by atoms with van der Waals surface area (Å²) in [4.78, 5) is 133. The third-order valence-corrected chi connectivity index (χ3v) is 6.46. The fourth-order valence-corrected chi connectivity index (χ4v) is 5.96. The number of hydrogen-bond acceptors (Lipinski definition) is 24. The van der Waals surface area contributed by atoms with Crippen molar-refractivity contribution < 1.29 is 725 Å². The van der Waals surface area contributed by atoms with E-state index in [9.17, 15) is 86.1 Å². The van der Waals surface area contributed by atoms with Crippen LogP contribution >= 0.6 is 46.9 Å². The van der Waals surface area contributed by atoms with Gasteiger partial charge in [0, 0.05) is 0 Å². The molecule has 94 N–H and O–H groups in total. The molecule has 0 aromatic rings. The van der Waals surface area contributed by atoms with Gasteiger partial charge in [0.2, 0.25) is 0 Å². The molecule has 89 heteroatoms. The summed E-state index contributed by atoms with van der Waals surface area (Å²) in [6.45, 7) is 0. The van der Waals surface area contributed by atoms with Gasteiger partial charge in [-0.25, -0.2) is 0 Å². The molecule has 0 saturated heterocycles. The molecule has 0 aromatic heterocycles. The van der Waals surface area contributed by atoms with Crippen LogP contribution in [0.15, 0.2) is 0 Å². The first kappa shape index (κ1) is 531. The van der Waals surface area contributed by atoms with Gasteiger partial charge in [0.25, 0.3) is 0 Å². The van der Waals surface area contributed by atoms with Crippen LogP contribution in [0.1, 0.15) is 0 Å². The molecule has 0 spiro atoms. The summed E-state index contributed by atoms with van der Waals surface area (Å²) in [6, 6.07) is 0. The van der Waals surface area contributed by atoms with Gasteiger partial charge in [-0.05, 0) is 0 Å². The average molecular weight is 1770 g/mol. The molecule has 95 heavy (non-hydrogen) atoms. The number of phosphoric ester groups is 6. The van der Waals surface area contributed by atoms with E-state index >= 15 is 0 Å². The van der Waals surface area contributed by atoms with Gasteiger partial charge in [0.1, 0.15) is 36.6 Å². The van der Waals surface area contributed by atoms with Crippen LogP contribution in [0.3, 0.4) is 0 Å². The standard InChI is InChI=1S/C6H18O24P6.12Na.47H2O/c7-31(8,9)25-1-2(26-32(10,11)12)4(28-34(16,17)18)6(30-36(22,23)24)5(29-35(19,20)21)3(1)27-33(13,14)15;;;;;;;;;;;;;;;;;;;;;;;;;;;;;;;;;;;;;;;;;;;;;;;;;;;;;;;;;;;/h1-6H,(H2,7,8,9)(H2,10,11,12)(H2,13,14,15)(H2,16,17,18)(H2,19,20,21)(H2,22,23,24);;;;;;;;;;;;;47*1H2/q;12*+1;;;;;;;;;;;;;;;;;;;;;;;;;;;;;;;;;;;;;;;;;;;;;;;/p-12. The fourth-order valence-electron chi connectivity index (χ4n) is 2.74. The van der Waals surface area contributed by atoms with Gasteiger partial charge < -0.3 is 371 Å². The van der Waals surface area contributed by atoms with Gasteiger partial charge in [-0.15, -0.1) is 0 Å². The first-order valence-corrected chi connectivity index (χ1v) is 16.6. The van der Waals surface area contributed by atoms with Crippen LogP contribution in [0, 0.1) is 0 Å². The second-order valence-electron chi connectivity index (χ2n) is 6.10. The third kappa shape index (κ3) is 264. The second kappa shape index (κ2) is 225. The Balaban J connectivity index is -0.00000000385. The zero-order valence-electron chi connectivity index (χ0n) is 51.4. The molecule has 0 heterocycles.